The van der Waals surface area contributed by atoms with Crippen LogP contribution in [0.1, 0.15) is 31.7 Å². The number of rotatable bonds is 3. The van der Waals surface area contributed by atoms with Crippen molar-refractivity contribution in [2.45, 2.75) is 46.4 Å². The van der Waals surface area contributed by atoms with Gasteiger partial charge in [-0.15, -0.1) is 0 Å². The van der Waals surface area contributed by atoms with Crippen LogP contribution in [0.5, 0.6) is 0 Å². The normalized spacial score (nSPS) is 25.6. The van der Waals surface area contributed by atoms with Crippen LogP contribution in [0.2, 0.25) is 0 Å². The predicted molar refractivity (Wildman–Crippen MR) is 75.4 cm³/mol. The molecule has 1 fully saturated rings. The van der Waals surface area contributed by atoms with Crippen LogP contribution in [0.4, 0.5) is 0 Å². The molecule has 2 heterocycles. The van der Waals surface area contributed by atoms with Crippen LogP contribution in [0.25, 0.3) is 0 Å². The number of hydrogen-bond acceptors (Lipinski definition) is 3. The van der Waals surface area contributed by atoms with E-state index in [1.165, 1.54) is 5.69 Å². The van der Waals surface area contributed by atoms with Gasteiger partial charge in [0.05, 0.1) is 22.0 Å². The standard InChI is InChI=1S/C13H22BrN3O/c1-4-17-11(13(14)10(3)15-17)7-16-6-5-9(2)12(18)8-16/h9,12,18H,4-8H2,1-3H3. The predicted octanol–water partition coefficient (Wildman–Crippen LogP) is 2.18. The fraction of sp³-hybridized carbons (Fsp3) is 0.769. The summed E-state index contributed by atoms with van der Waals surface area (Å²) in [5, 5.41) is 14.5. The smallest absolute Gasteiger partial charge is 0.0739 e. The number of likely N-dealkylation sites (tertiary alicyclic amines) is 1. The van der Waals surface area contributed by atoms with Gasteiger partial charge in [-0.3, -0.25) is 9.58 Å². The Hall–Kier alpha value is -0.390. The molecule has 1 aromatic heterocycles. The molecule has 4 nitrogen and oxygen atoms in total. The van der Waals surface area contributed by atoms with E-state index in [2.05, 4.69) is 39.8 Å². The lowest BCUT2D eigenvalue weighted by Crippen LogP contribution is -2.42. The van der Waals surface area contributed by atoms with Crippen molar-refractivity contribution in [3.05, 3.63) is 15.9 Å². The summed E-state index contributed by atoms with van der Waals surface area (Å²) in [7, 11) is 0. The van der Waals surface area contributed by atoms with Crippen molar-refractivity contribution in [3.8, 4) is 0 Å². The van der Waals surface area contributed by atoms with Crippen molar-refractivity contribution in [1.29, 1.82) is 0 Å². The average molecular weight is 316 g/mol. The van der Waals surface area contributed by atoms with E-state index in [-0.39, 0.29) is 6.10 Å². The van der Waals surface area contributed by atoms with Crippen LogP contribution >= 0.6 is 15.9 Å². The van der Waals surface area contributed by atoms with E-state index in [0.29, 0.717) is 5.92 Å². The highest BCUT2D eigenvalue weighted by Crippen LogP contribution is 2.25. The van der Waals surface area contributed by atoms with Gasteiger partial charge in [0.25, 0.3) is 0 Å². The largest absolute Gasteiger partial charge is 0.392 e. The number of piperidine rings is 1. The van der Waals surface area contributed by atoms with E-state index in [0.717, 1.165) is 42.8 Å². The van der Waals surface area contributed by atoms with Gasteiger partial charge < -0.3 is 5.11 Å². The Morgan fingerprint density at radius 2 is 2.22 bits per heavy atom. The van der Waals surface area contributed by atoms with Gasteiger partial charge in [0, 0.05) is 19.6 Å². The van der Waals surface area contributed by atoms with Crippen LogP contribution in [0.15, 0.2) is 4.47 Å². The van der Waals surface area contributed by atoms with Crippen LogP contribution in [-0.2, 0) is 13.1 Å². The highest BCUT2D eigenvalue weighted by atomic mass is 79.9. The maximum absolute atomic E-state index is 9.95. The highest BCUT2D eigenvalue weighted by molar-refractivity contribution is 9.10. The lowest BCUT2D eigenvalue weighted by molar-refractivity contribution is 0.0248. The molecule has 0 saturated carbocycles. The minimum absolute atomic E-state index is 0.198. The summed E-state index contributed by atoms with van der Waals surface area (Å²) in [5.74, 6) is 0.419. The molecule has 1 N–H and O–H groups in total. The van der Waals surface area contributed by atoms with Gasteiger partial charge in [0.1, 0.15) is 0 Å². The number of aryl methyl sites for hydroxylation is 2. The molecule has 5 heteroatoms. The summed E-state index contributed by atoms with van der Waals surface area (Å²) >= 11 is 3.62. The van der Waals surface area contributed by atoms with E-state index in [1.807, 2.05) is 11.6 Å². The molecule has 2 rings (SSSR count). The van der Waals surface area contributed by atoms with Gasteiger partial charge >= 0.3 is 0 Å². The van der Waals surface area contributed by atoms with Gasteiger partial charge in [-0.05, 0) is 48.7 Å². The molecule has 18 heavy (non-hydrogen) atoms. The monoisotopic (exact) mass is 315 g/mol. The van der Waals surface area contributed by atoms with Crippen molar-refractivity contribution < 1.29 is 5.11 Å². The molecule has 0 spiro atoms. The zero-order chi connectivity index (χ0) is 13.3. The molecule has 1 saturated heterocycles. The summed E-state index contributed by atoms with van der Waals surface area (Å²) in [6.45, 7) is 9.81. The summed E-state index contributed by atoms with van der Waals surface area (Å²) in [6, 6.07) is 0. The van der Waals surface area contributed by atoms with Crippen LogP contribution in [0, 0.1) is 12.8 Å². The number of aliphatic hydroxyl groups is 1. The summed E-state index contributed by atoms with van der Waals surface area (Å²) < 4.78 is 3.15. The van der Waals surface area contributed by atoms with Crippen molar-refractivity contribution >= 4 is 15.9 Å². The fourth-order valence-corrected chi connectivity index (χ4v) is 2.90. The molecule has 0 aromatic carbocycles. The molecule has 0 aliphatic carbocycles. The van der Waals surface area contributed by atoms with Gasteiger partial charge in [-0.25, -0.2) is 0 Å². The molecule has 0 radical (unpaired) electrons. The fourth-order valence-electron chi connectivity index (χ4n) is 2.49. The first-order chi connectivity index (χ1) is 8.52. The summed E-state index contributed by atoms with van der Waals surface area (Å²) in [5.41, 5.74) is 2.26. The zero-order valence-electron chi connectivity index (χ0n) is 11.4. The molecule has 0 amide bonds. The number of halogens is 1. The van der Waals surface area contributed by atoms with Crippen molar-refractivity contribution in [2.75, 3.05) is 13.1 Å². The molecular formula is C13H22BrN3O. The number of aromatic nitrogens is 2. The molecule has 1 aliphatic rings. The molecule has 1 aromatic rings. The van der Waals surface area contributed by atoms with Gasteiger partial charge in [0.15, 0.2) is 0 Å². The molecule has 2 unspecified atom stereocenters. The molecule has 1 aliphatic heterocycles. The molecule has 0 bridgehead atoms. The molecular weight excluding hydrogens is 294 g/mol. The van der Waals surface area contributed by atoms with Crippen molar-refractivity contribution in [1.82, 2.24) is 14.7 Å². The Bertz CT molecular complexity index is 419. The first-order valence-corrected chi connectivity index (χ1v) is 7.44. The van der Waals surface area contributed by atoms with E-state index < -0.39 is 0 Å². The van der Waals surface area contributed by atoms with Gasteiger partial charge in [-0.1, -0.05) is 6.92 Å². The number of aliphatic hydroxyl groups excluding tert-OH is 1. The Kier molecular flexibility index (Phi) is 4.45. The number of β-amino-alcohol motifs (C(OH)–C–C–N with tert-alkyl or cyclic N) is 1. The van der Waals surface area contributed by atoms with Crippen molar-refractivity contribution in [3.63, 3.8) is 0 Å². The summed E-state index contributed by atoms with van der Waals surface area (Å²) in [6.07, 6.45) is 0.870. The maximum Gasteiger partial charge on any atom is 0.0739 e. The van der Waals surface area contributed by atoms with Gasteiger partial charge in [0.2, 0.25) is 0 Å². The maximum atomic E-state index is 9.95. The third-order valence-corrected chi connectivity index (χ3v) is 4.86. The molecule has 2 atom stereocenters. The second kappa shape index (κ2) is 5.72. The highest BCUT2D eigenvalue weighted by Gasteiger charge is 2.25. The first-order valence-electron chi connectivity index (χ1n) is 6.65. The third-order valence-electron chi connectivity index (χ3n) is 3.83. The SMILES string of the molecule is CCn1nc(C)c(Br)c1CN1CCC(C)C(O)C1. The second-order valence-corrected chi connectivity index (χ2v) is 6.02. The topological polar surface area (TPSA) is 41.3 Å². The van der Waals surface area contributed by atoms with Crippen LogP contribution < -0.4 is 0 Å². The Balaban J connectivity index is 2.10. The summed E-state index contributed by atoms with van der Waals surface area (Å²) in [4.78, 5) is 2.32. The van der Waals surface area contributed by atoms with Gasteiger partial charge in [-0.2, -0.15) is 5.10 Å². The second-order valence-electron chi connectivity index (χ2n) is 5.23. The van der Waals surface area contributed by atoms with E-state index >= 15 is 0 Å². The Morgan fingerprint density at radius 3 is 2.83 bits per heavy atom. The first kappa shape index (κ1) is 14.0. The number of hydrogen-bond donors (Lipinski definition) is 1. The Morgan fingerprint density at radius 1 is 1.50 bits per heavy atom. The minimum atomic E-state index is -0.198. The van der Waals surface area contributed by atoms with E-state index in [4.69, 9.17) is 0 Å². The van der Waals surface area contributed by atoms with E-state index in [9.17, 15) is 5.11 Å². The van der Waals surface area contributed by atoms with Crippen LogP contribution in [0.3, 0.4) is 0 Å². The lowest BCUT2D eigenvalue weighted by atomic mass is 9.96. The third kappa shape index (κ3) is 2.78. The number of nitrogens with zero attached hydrogens (tertiary/aromatic N) is 3. The van der Waals surface area contributed by atoms with E-state index in [1.54, 1.807) is 0 Å². The zero-order valence-corrected chi connectivity index (χ0v) is 12.9. The average Bonchev–Trinajstić information content (AvgIpc) is 2.61. The van der Waals surface area contributed by atoms with Crippen LogP contribution in [-0.4, -0.2) is 39.0 Å². The Labute approximate surface area is 117 Å². The molecule has 102 valence electrons. The van der Waals surface area contributed by atoms with Crippen molar-refractivity contribution in [2.24, 2.45) is 5.92 Å². The lowest BCUT2D eigenvalue weighted by Gasteiger charge is -2.34. The minimum Gasteiger partial charge on any atom is -0.392 e. The quantitative estimate of drug-likeness (QED) is 0.929.